The minimum Gasteiger partial charge on any atom is -0.340 e. The summed E-state index contributed by atoms with van der Waals surface area (Å²) in [5, 5.41) is 1.96. The highest BCUT2D eigenvalue weighted by atomic mass is 35.5. The second-order valence-corrected chi connectivity index (χ2v) is 6.01. The Morgan fingerprint density at radius 3 is 2.67 bits per heavy atom. The smallest absolute Gasteiger partial charge is 0.206 e. The molecule has 0 amide bonds. The number of benzene rings is 2. The summed E-state index contributed by atoms with van der Waals surface area (Å²) in [4.78, 5) is 12.3. The number of nitrogens with zero attached hydrogens (tertiary/aromatic N) is 1. The zero-order chi connectivity index (χ0) is 15.0. The van der Waals surface area contributed by atoms with E-state index in [9.17, 15) is 4.79 Å². The van der Waals surface area contributed by atoms with Crippen LogP contribution in [0.15, 0.2) is 41.2 Å². The lowest BCUT2D eigenvalue weighted by Gasteiger charge is -2.19. The zero-order valence-corrected chi connectivity index (χ0v) is 13.2. The van der Waals surface area contributed by atoms with Crippen LogP contribution < -0.4 is 5.43 Å². The summed E-state index contributed by atoms with van der Waals surface area (Å²) < 4.78 is 2.16. The lowest BCUT2D eigenvalue weighted by atomic mass is 10.0. The highest BCUT2D eigenvalue weighted by Gasteiger charge is 2.15. The van der Waals surface area contributed by atoms with Crippen molar-refractivity contribution >= 4 is 34.1 Å². The van der Waals surface area contributed by atoms with Gasteiger partial charge in [-0.15, -0.1) is 0 Å². The molecule has 2 nitrogen and oxygen atoms in total. The van der Waals surface area contributed by atoms with Gasteiger partial charge >= 0.3 is 0 Å². The third kappa shape index (κ3) is 2.54. The predicted molar refractivity (Wildman–Crippen MR) is 89.8 cm³/mol. The number of aryl methyl sites for hydroxylation is 1. The van der Waals surface area contributed by atoms with Crippen LogP contribution in [0.3, 0.4) is 0 Å². The Balaban J connectivity index is 2.41. The number of hydrogen-bond acceptors (Lipinski definition) is 1. The van der Waals surface area contributed by atoms with Crippen molar-refractivity contribution in [3.63, 3.8) is 0 Å². The van der Waals surface area contributed by atoms with Gasteiger partial charge in [-0.1, -0.05) is 42.6 Å². The first-order chi connectivity index (χ1) is 10.1. The van der Waals surface area contributed by atoms with Crippen LogP contribution in [-0.2, 0) is 6.54 Å². The van der Waals surface area contributed by atoms with Crippen LogP contribution in [0.2, 0.25) is 10.0 Å². The fourth-order valence-corrected chi connectivity index (χ4v) is 2.98. The first-order valence-corrected chi connectivity index (χ1v) is 7.78. The second-order valence-electron chi connectivity index (χ2n) is 5.16. The van der Waals surface area contributed by atoms with E-state index in [2.05, 4.69) is 11.5 Å². The van der Waals surface area contributed by atoms with Crippen LogP contribution in [0.4, 0.5) is 0 Å². The van der Waals surface area contributed by atoms with Crippen LogP contribution in [-0.4, -0.2) is 4.57 Å². The standard InChI is InChI=1S/C17H15Cl2NO/c1-2-3-8-20-15-7-6-14(19)17(21)13(15)9-11-4-5-12(18)10-16(11)20/h4-7,9-10H,2-3,8H2,1H3. The third-order valence-electron chi connectivity index (χ3n) is 3.73. The van der Waals surface area contributed by atoms with E-state index in [1.807, 2.05) is 30.3 Å². The molecule has 0 atom stereocenters. The number of rotatable bonds is 3. The summed E-state index contributed by atoms with van der Waals surface area (Å²) in [6, 6.07) is 11.2. The lowest BCUT2D eigenvalue weighted by molar-refractivity contribution is 0.651. The van der Waals surface area contributed by atoms with Gasteiger partial charge in [-0.25, -0.2) is 0 Å². The molecular formula is C17H15Cl2NO. The SMILES string of the molecule is CCCCn1c2ccc(Cl)c(=O)c-2cc2ccc(Cl)cc21. The van der Waals surface area contributed by atoms with Crippen LogP contribution in [0.5, 0.6) is 0 Å². The maximum Gasteiger partial charge on any atom is 0.206 e. The summed E-state index contributed by atoms with van der Waals surface area (Å²) in [7, 11) is 0. The molecule has 0 N–H and O–H groups in total. The van der Waals surface area contributed by atoms with Crippen molar-refractivity contribution < 1.29 is 0 Å². The van der Waals surface area contributed by atoms with Crippen molar-refractivity contribution in [3.8, 4) is 11.3 Å². The number of halogens is 2. The van der Waals surface area contributed by atoms with Gasteiger partial charge < -0.3 is 4.57 Å². The molecule has 1 heterocycles. The Kier molecular flexibility index (Phi) is 3.92. The Morgan fingerprint density at radius 2 is 1.90 bits per heavy atom. The fraction of sp³-hybridized carbons (Fsp3) is 0.235. The molecule has 0 aromatic heterocycles. The molecule has 1 aromatic rings. The first-order valence-electron chi connectivity index (χ1n) is 7.03. The number of pyridine rings is 1. The van der Waals surface area contributed by atoms with Gasteiger partial charge in [0.1, 0.15) is 0 Å². The average Bonchev–Trinajstić information content (AvgIpc) is 2.48. The van der Waals surface area contributed by atoms with Gasteiger partial charge in [0, 0.05) is 22.6 Å². The Morgan fingerprint density at radius 1 is 1.10 bits per heavy atom. The maximum absolute atomic E-state index is 12.3. The molecule has 1 aromatic carbocycles. The van der Waals surface area contributed by atoms with Crippen LogP contribution in [0.1, 0.15) is 19.8 Å². The van der Waals surface area contributed by atoms with Crippen molar-refractivity contribution in [2.24, 2.45) is 0 Å². The molecule has 0 fully saturated rings. The maximum atomic E-state index is 12.3. The molecule has 1 aliphatic carbocycles. The Hall–Kier alpha value is -1.51. The summed E-state index contributed by atoms with van der Waals surface area (Å²) in [6.45, 7) is 3.00. The summed E-state index contributed by atoms with van der Waals surface area (Å²) >= 11 is 12.1. The van der Waals surface area contributed by atoms with Gasteiger partial charge in [-0.3, -0.25) is 4.79 Å². The molecule has 108 valence electrons. The fourth-order valence-electron chi connectivity index (χ4n) is 2.65. The molecule has 0 saturated heterocycles. The van der Waals surface area contributed by atoms with Crippen LogP contribution >= 0.6 is 23.2 Å². The minimum atomic E-state index is -0.115. The Labute approximate surface area is 133 Å². The Bertz CT molecular complexity index is 838. The number of unbranched alkanes of at least 4 members (excludes halogenated alkanes) is 1. The molecule has 3 rings (SSSR count). The van der Waals surface area contributed by atoms with Crippen molar-refractivity contribution in [1.29, 1.82) is 0 Å². The highest BCUT2D eigenvalue weighted by Crippen LogP contribution is 2.29. The second kappa shape index (κ2) is 5.70. The molecule has 0 unspecified atom stereocenters. The van der Waals surface area contributed by atoms with Crippen molar-refractivity contribution in [2.45, 2.75) is 26.3 Å². The van der Waals surface area contributed by atoms with E-state index < -0.39 is 0 Å². The van der Waals surface area contributed by atoms with Gasteiger partial charge in [-0.05, 0) is 42.1 Å². The molecule has 2 aliphatic rings. The first kappa shape index (κ1) is 14.4. The van der Waals surface area contributed by atoms with Crippen molar-refractivity contribution in [1.82, 2.24) is 4.57 Å². The quantitative estimate of drug-likeness (QED) is 0.607. The van der Waals surface area contributed by atoms with E-state index in [-0.39, 0.29) is 10.5 Å². The zero-order valence-electron chi connectivity index (χ0n) is 11.7. The normalized spacial score (nSPS) is 11.4. The van der Waals surface area contributed by atoms with E-state index in [1.165, 1.54) is 0 Å². The lowest BCUT2D eigenvalue weighted by Crippen LogP contribution is -2.13. The molecule has 0 radical (unpaired) electrons. The number of aromatic nitrogens is 1. The average molecular weight is 320 g/mol. The number of fused-ring (bicyclic) bond motifs is 2. The van der Waals surface area contributed by atoms with Gasteiger partial charge in [-0.2, -0.15) is 0 Å². The van der Waals surface area contributed by atoms with E-state index in [1.54, 1.807) is 6.07 Å². The monoisotopic (exact) mass is 319 g/mol. The topological polar surface area (TPSA) is 22.0 Å². The highest BCUT2D eigenvalue weighted by molar-refractivity contribution is 6.31. The van der Waals surface area contributed by atoms with Crippen LogP contribution in [0, 0.1) is 0 Å². The minimum absolute atomic E-state index is 0.115. The van der Waals surface area contributed by atoms with E-state index in [4.69, 9.17) is 23.2 Å². The summed E-state index contributed by atoms with van der Waals surface area (Å²) in [5.41, 5.74) is 2.50. The van der Waals surface area contributed by atoms with Crippen LogP contribution in [0.25, 0.3) is 22.2 Å². The third-order valence-corrected chi connectivity index (χ3v) is 4.27. The largest absolute Gasteiger partial charge is 0.340 e. The van der Waals surface area contributed by atoms with Crippen molar-refractivity contribution in [3.05, 3.63) is 56.7 Å². The summed E-state index contributed by atoms with van der Waals surface area (Å²) in [5.74, 6) is 0. The van der Waals surface area contributed by atoms with E-state index in [0.717, 1.165) is 36.0 Å². The van der Waals surface area contributed by atoms with Gasteiger partial charge in [0.25, 0.3) is 0 Å². The predicted octanol–water partition coefficient (Wildman–Crippen LogP) is 5.21. The van der Waals surface area contributed by atoms with Gasteiger partial charge in [0.05, 0.1) is 10.7 Å². The molecule has 0 spiro atoms. The van der Waals surface area contributed by atoms with E-state index in [0.29, 0.717) is 10.6 Å². The van der Waals surface area contributed by atoms with Gasteiger partial charge in [0.2, 0.25) is 5.43 Å². The van der Waals surface area contributed by atoms with Crippen molar-refractivity contribution in [2.75, 3.05) is 0 Å². The number of hydrogen-bond donors (Lipinski definition) is 0. The summed E-state index contributed by atoms with van der Waals surface area (Å²) in [6.07, 6.45) is 2.13. The molecular weight excluding hydrogens is 305 g/mol. The van der Waals surface area contributed by atoms with E-state index >= 15 is 0 Å². The molecule has 4 heteroatoms. The molecule has 21 heavy (non-hydrogen) atoms. The molecule has 0 saturated carbocycles. The van der Waals surface area contributed by atoms with Gasteiger partial charge in [0.15, 0.2) is 0 Å². The molecule has 1 aliphatic heterocycles. The molecule has 0 bridgehead atoms.